The average molecular weight is 749 g/mol. The first kappa shape index (κ1) is 41.9. The van der Waals surface area contributed by atoms with Crippen LogP contribution in [0.25, 0.3) is 0 Å². The number of aliphatic hydroxyl groups excluding tert-OH is 12. The van der Waals surface area contributed by atoms with Crippen molar-refractivity contribution >= 4 is 11.8 Å². The number of nitrogens with one attached hydrogen (secondary N) is 2. The van der Waals surface area contributed by atoms with Crippen molar-refractivity contribution in [2.24, 2.45) is 0 Å². The summed E-state index contributed by atoms with van der Waals surface area (Å²) in [5, 5.41) is 129. The Morgan fingerprint density at radius 2 is 1.00 bits per heavy atom. The van der Waals surface area contributed by atoms with E-state index < -0.39 is 161 Å². The average Bonchev–Trinajstić information content (AvgIpc) is 3.08. The van der Waals surface area contributed by atoms with E-state index >= 15 is 0 Å². The third-order valence-corrected chi connectivity index (χ3v) is 8.99. The molecule has 4 rings (SSSR count). The van der Waals surface area contributed by atoms with Gasteiger partial charge in [0.2, 0.25) is 11.8 Å². The van der Waals surface area contributed by atoms with E-state index in [9.17, 15) is 70.9 Å². The highest BCUT2D eigenvalue weighted by Crippen LogP contribution is 2.33. The molecule has 0 radical (unpaired) electrons. The molecule has 0 aromatic carbocycles. The van der Waals surface area contributed by atoms with Crippen LogP contribution in [0.5, 0.6) is 0 Å². The van der Waals surface area contributed by atoms with E-state index in [-0.39, 0.29) is 0 Å². The van der Waals surface area contributed by atoms with E-state index in [0.29, 0.717) is 0 Å². The Labute approximate surface area is 289 Å². The number of rotatable bonds is 12. The molecule has 296 valence electrons. The van der Waals surface area contributed by atoms with Gasteiger partial charge in [-0.05, 0) is 0 Å². The highest BCUT2D eigenvalue weighted by molar-refractivity contribution is 5.73. The largest absolute Gasteiger partial charge is 0.394 e. The molecule has 4 aliphatic heterocycles. The number of amides is 2. The molecule has 2 amide bonds. The van der Waals surface area contributed by atoms with Crippen LogP contribution in [0.1, 0.15) is 13.8 Å². The number of carbonyl (C=O) groups excluding carboxylic acids is 2. The van der Waals surface area contributed by atoms with Gasteiger partial charge in [0.25, 0.3) is 0 Å². The standard InChI is InChI=1S/C28H48N2O21/c1-7(34)29-13-18(39)16(37)12(46-25(13)44)6-45-26-14(30-8(2)35)19(40)23(11(5-33)49-26)50-28-22(43)24(17(38)10(4-32)48-28)51-27-21(42)20(41)15(36)9(3-31)47-27/h9-28,31-33,36-44H,3-6H2,1-2H3,(H,29,34)(H,30,35)/t9-,10-,11-,12-,13-,14-,15+,16+,17+,18-,19-,20+,21-,22-,23-,24+,25?,26-,27-,28+/m1/s1. The first-order chi connectivity index (χ1) is 24.0. The third kappa shape index (κ3) is 9.29. The Bertz CT molecular complexity index is 1140. The van der Waals surface area contributed by atoms with Crippen molar-refractivity contribution in [3.05, 3.63) is 0 Å². The third-order valence-electron chi connectivity index (χ3n) is 8.99. The summed E-state index contributed by atoms with van der Waals surface area (Å²) in [6.07, 6.45) is -31.1. The molecule has 14 N–H and O–H groups in total. The van der Waals surface area contributed by atoms with E-state index in [1.54, 1.807) is 0 Å². The highest BCUT2D eigenvalue weighted by Gasteiger charge is 2.54. The van der Waals surface area contributed by atoms with Crippen LogP contribution in [-0.2, 0) is 42.7 Å². The molecule has 4 saturated heterocycles. The molecule has 23 heteroatoms. The van der Waals surface area contributed by atoms with Crippen LogP contribution in [0.2, 0.25) is 0 Å². The maximum absolute atomic E-state index is 12.1. The zero-order chi connectivity index (χ0) is 37.9. The Kier molecular flexibility index (Phi) is 14.8. The summed E-state index contributed by atoms with van der Waals surface area (Å²) < 4.78 is 38.8. The van der Waals surface area contributed by atoms with Gasteiger partial charge in [0, 0.05) is 13.8 Å². The second kappa shape index (κ2) is 18.0. The predicted octanol–water partition coefficient (Wildman–Crippen LogP) is -9.46. The molecule has 23 nitrogen and oxygen atoms in total. The predicted molar refractivity (Wildman–Crippen MR) is 157 cm³/mol. The zero-order valence-electron chi connectivity index (χ0n) is 27.4. The SMILES string of the molecule is CC(=O)N[C@H]1[C@H](OC[C@H]2OC(O)[C@H](NC(C)=O)[C@@H](O)[C@H]2O)O[C@H](CO)[C@@H](O[C@@H]2O[C@H](CO)[C@H](O)[C@H](O[C@H]3O[C@H](CO)[C@H](O)[C@H](O)[C@H]3O)[C@H]2O)[C@@H]1O. The van der Waals surface area contributed by atoms with Gasteiger partial charge in [-0.3, -0.25) is 9.59 Å². The maximum atomic E-state index is 12.1. The molecule has 0 saturated carbocycles. The summed E-state index contributed by atoms with van der Waals surface area (Å²) in [6.45, 7) is -1.00. The molecule has 0 spiro atoms. The number of aliphatic hydroxyl groups is 12. The van der Waals surface area contributed by atoms with E-state index in [1.165, 1.54) is 0 Å². The topological polar surface area (TPSA) is 366 Å². The fourth-order valence-electron chi connectivity index (χ4n) is 6.25. The summed E-state index contributed by atoms with van der Waals surface area (Å²) in [5.41, 5.74) is 0. The van der Waals surface area contributed by atoms with Crippen molar-refractivity contribution in [2.75, 3.05) is 26.4 Å². The summed E-state index contributed by atoms with van der Waals surface area (Å²) in [7, 11) is 0. The smallest absolute Gasteiger partial charge is 0.217 e. The van der Waals surface area contributed by atoms with Gasteiger partial charge in [-0.1, -0.05) is 0 Å². The normalized spacial score (nSPS) is 47.8. The van der Waals surface area contributed by atoms with Crippen molar-refractivity contribution < 1.29 is 104 Å². The van der Waals surface area contributed by atoms with Gasteiger partial charge in [-0.2, -0.15) is 0 Å². The van der Waals surface area contributed by atoms with Crippen LogP contribution in [-0.4, -0.2) is 222 Å². The molecule has 1 unspecified atom stereocenters. The molecular weight excluding hydrogens is 700 g/mol. The fraction of sp³-hybridized carbons (Fsp3) is 0.929. The second-order valence-corrected chi connectivity index (χ2v) is 12.7. The Balaban J connectivity index is 1.49. The lowest BCUT2D eigenvalue weighted by molar-refractivity contribution is -0.376. The first-order valence-corrected chi connectivity index (χ1v) is 16.1. The Morgan fingerprint density at radius 1 is 0.510 bits per heavy atom. The monoisotopic (exact) mass is 748 g/mol. The second-order valence-electron chi connectivity index (χ2n) is 12.7. The molecule has 0 bridgehead atoms. The van der Waals surface area contributed by atoms with Crippen molar-refractivity contribution in [1.29, 1.82) is 0 Å². The molecule has 0 aromatic heterocycles. The van der Waals surface area contributed by atoms with Gasteiger partial charge in [0.1, 0.15) is 97.5 Å². The molecular formula is C28H48N2O21. The molecule has 0 aliphatic carbocycles. The highest BCUT2D eigenvalue weighted by atomic mass is 16.8. The van der Waals surface area contributed by atoms with E-state index in [1.807, 2.05) is 0 Å². The van der Waals surface area contributed by atoms with E-state index in [2.05, 4.69) is 10.6 Å². The minimum Gasteiger partial charge on any atom is -0.394 e. The quantitative estimate of drug-likeness (QED) is 0.0881. The van der Waals surface area contributed by atoms with Gasteiger partial charge in [0.05, 0.1) is 26.4 Å². The van der Waals surface area contributed by atoms with Gasteiger partial charge >= 0.3 is 0 Å². The Morgan fingerprint density at radius 3 is 1.57 bits per heavy atom. The fourth-order valence-corrected chi connectivity index (χ4v) is 6.25. The first-order valence-electron chi connectivity index (χ1n) is 16.1. The van der Waals surface area contributed by atoms with Gasteiger partial charge < -0.3 is 105 Å². The van der Waals surface area contributed by atoms with Crippen molar-refractivity contribution in [2.45, 2.75) is 137 Å². The molecule has 4 fully saturated rings. The molecule has 4 aliphatic rings. The van der Waals surface area contributed by atoms with Crippen molar-refractivity contribution in [1.82, 2.24) is 10.6 Å². The van der Waals surface area contributed by atoms with Crippen LogP contribution >= 0.6 is 0 Å². The zero-order valence-corrected chi connectivity index (χ0v) is 27.4. The number of hydrogen-bond acceptors (Lipinski definition) is 21. The van der Waals surface area contributed by atoms with E-state index in [0.717, 1.165) is 13.8 Å². The lowest BCUT2D eigenvalue weighted by Gasteiger charge is -2.49. The lowest BCUT2D eigenvalue weighted by atomic mass is 9.94. The maximum Gasteiger partial charge on any atom is 0.217 e. The van der Waals surface area contributed by atoms with Crippen LogP contribution in [0.4, 0.5) is 0 Å². The van der Waals surface area contributed by atoms with Gasteiger partial charge in [0.15, 0.2) is 25.2 Å². The van der Waals surface area contributed by atoms with Gasteiger partial charge in [-0.15, -0.1) is 0 Å². The van der Waals surface area contributed by atoms with Crippen molar-refractivity contribution in [3.63, 3.8) is 0 Å². The van der Waals surface area contributed by atoms with Crippen molar-refractivity contribution in [3.8, 4) is 0 Å². The molecule has 51 heavy (non-hydrogen) atoms. The van der Waals surface area contributed by atoms with Crippen LogP contribution < -0.4 is 10.6 Å². The van der Waals surface area contributed by atoms with Gasteiger partial charge in [-0.25, -0.2) is 0 Å². The Hall–Kier alpha value is -1.82. The number of ether oxygens (including phenoxy) is 7. The minimum absolute atomic E-state index is 0.621. The summed E-state index contributed by atoms with van der Waals surface area (Å²) in [6, 6.07) is -2.88. The molecule has 0 aromatic rings. The molecule has 20 atom stereocenters. The van der Waals surface area contributed by atoms with Crippen LogP contribution in [0.3, 0.4) is 0 Å². The lowest BCUT2D eigenvalue weighted by Crippen LogP contribution is -2.69. The minimum atomic E-state index is -2.01. The number of carbonyl (C=O) groups is 2. The van der Waals surface area contributed by atoms with E-state index in [4.69, 9.17) is 33.2 Å². The summed E-state index contributed by atoms with van der Waals surface area (Å²) >= 11 is 0. The molecule has 4 heterocycles. The summed E-state index contributed by atoms with van der Waals surface area (Å²) in [4.78, 5) is 23.5. The van der Waals surface area contributed by atoms with Crippen LogP contribution in [0, 0.1) is 0 Å². The van der Waals surface area contributed by atoms with Crippen LogP contribution in [0.15, 0.2) is 0 Å². The number of hydrogen-bond donors (Lipinski definition) is 14. The summed E-state index contributed by atoms with van der Waals surface area (Å²) in [5.74, 6) is -1.33.